The quantitative estimate of drug-likeness (QED) is 0.322. The van der Waals surface area contributed by atoms with Crippen LogP contribution >= 0.6 is 0 Å². The number of nitriles is 1. The number of hydrogen-bond donors (Lipinski definition) is 0. The maximum atomic E-state index is 13.4. The van der Waals surface area contributed by atoms with Crippen LogP contribution in [0.3, 0.4) is 0 Å². The lowest BCUT2D eigenvalue weighted by atomic mass is 9.71. The fraction of sp³-hybridized carbons (Fsp3) is 0.552. The van der Waals surface area contributed by atoms with Crippen LogP contribution in [-0.2, 0) is 13.0 Å². The highest BCUT2D eigenvalue weighted by Gasteiger charge is 2.56. The van der Waals surface area contributed by atoms with E-state index in [-0.39, 0.29) is 6.42 Å². The highest BCUT2D eigenvalue weighted by atomic mass is 19.4. The van der Waals surface area contributed by atoms with E-state index in [2.05, 4.69) is 31.0 Å². The van der Waals surface area contributed by atoms with E-state index in [0.29, 0.717) is 11.6 Å². The minimum Gasteiger partial charge on any atom is -0.299 e. The van der Waals surface area contributed by atoms with Gasteiger partial charge in [-0.3, -0.25) is 4.90 Å². The molecule has 1 aliphatic carbocycles. The van der Waals surface area contributed by atoms with Crippen molar-refractivity contribution in [2.45, 2.75) is 83.2 Å². The van der Waals surface area contributed by atoms with Crippen molar-refractivity contribution in [2.24, 2.45) is 11.8 Å². The molecule has 3 rings (SSSR count). The van der Waals surface area contributed by atoms with Crippen LogP contribution < -0.4 is 0 Å². The van der Waals surface area contributed by atoms with Crippen molar-refractivity contribution >= 4 is 0 Å². The Kier molecular flexibility index (Phi) is 11.5. The fourth-order valence-electron chi connectivity index (χ4n) is 5.25. The van der Waals surface area contributed by atoms with Gasteiger partial charge in [0, 0.05) is 19.5 Å². The Bertz CT molecular complexity index is 963. The first-order valence-corrected chi connectivity index (χ1v) is 12.7. The van der Waals surface area contributed by atoms with E-state index in [1.165, 1.54) is 12.5 Å². The molecule has 0 saturated heterocycles. The van der Waals surface area contributed by atoms with Crippen molar-refractivity contribution < 1.29 is 26.3 Å². The first kappa shape index (κ1) is 30.7. The third-order valence-corrected chi connectivity index (χ3v) is 7.28. The molecule has 2 nitrogen and oxygen atoms in total. The molecule has 37 heavy (non-hydrogen) atoms. The van der Waals surface area contributed by atoms with E-state index < -0.39 is 42.9 Å². The molecule has 0 spiro atoms. The Morgan fingerprint density at radius 1 is 0.892 bits per heavy atom. The number of aryl methyl sites for hydroxylation is 1. The lowest BCUT2D eigenvalue weighted by Gasteiger charge is -2.38. The topological polar surface area (TPSA) is 27.0 Å². The second kappa shape index (κ2) is 13.9. The van der Waals surface area contributed by atoms with Crippen LogP contribution in [0.2, 0.25) is 0 Å². The second-order valence-corrected chi connectivity index (χ2v) is 9.77. The van der Waals surface area contributed by atoms with E-state index >= 15 is 0 Å². The fourth-order valence-corrected chi connectivity index (χ4v) is 5.25. The Balaban J connectivity index is 0.00000153. The van der Waals surface area contributed by atoms with E-state index in [9.17, 15) is 26.3 Å². The summed E-state index contributed by atoms with van der Waals surface area (Å²) in [4.78, 5) is 2.33. The zero-order valence-electron chi connectivity index (χ0n) is 21.6. The lowest BCUT2D eigenvalue weighted by molar-refractivity contribution is -0.263. The molecule has 1 saturated carbocycles. The van der Waals surface area contributed by atoms with Crippen LogP contribution in [0, 0.1) is 23.2 Å². The molecule has 0 bridgehead atoms. The van der Waals surface area contributed by atoms with Crippen LogP contribution in [0.1, 0.15) is 68.6 Å². The van der Waals surface area contributed by atoms with Crippen molar-refractivity contribution in [3.8, 4) is 6.07 Å². The summed E-state index contributed by atoms with van der Waals surface area (Å²) in [7, 11) is 2.11. The molecule has 204 valence electrons. The third-order valence-electron chi connectivity index (χ3n) is 7.28. The summed E-state index contributed by atoms with van der Waals surface area (Å²) in [6, 6.07) is 19.8. The molecule has 2 aromatic rings. The monoisotopic (exact) mass is 526 g/mol. The second-order valence-electron chi connectivity index (χ2n) is 9.77. The maximum Gasteiger partial charge on any atom is 0.392 e. The Morgan fingerprint density at radius 2 is 1.46 bits per heavy atom. The van der Waals surface area contributed by atoms with E-state index in [1.54, 1.807) is 18.2 Å². The van der Waals surface area contributed by atoms with Gasteiger partial charge in [-0.15, -0.1) is 0 Å². The summed E-state index contributed by atoms with van der Waals surface area (Å²) >= 11 is 0. The summed E-state index contributed by atoms with van der Waals surface area (Å²) in [5, 5.41) is 7.32. The molecule has 4 unspecified atom stereocenters. The summed E-state index contributed by atoms with van der Waals surface area (Å²) < 4.78 is 79.6. The van der Waals surface area contributed by atoms with Crippen LogP contribution in [0.5, 0.6) is 0 Å². The molecular weight excluding hydrogens is 490 g/mol. The summed E-state index contributed by atoms with van der Waals surface area (Å²) in [5.74, 6) is -5.14. The molecule has 0 radical (unpaired) electrons. The van der Waals surface area contributed by atoms with Gasteiger partial charge >= 0.3 is 12.4 Å². The van der Waals surface area contributed by atoms with Gasteiger partial charge in [0.15, 0.2) is 0 Å². The minimum atomic E-state index is -4.85. The van der Waals surface area contributed by atoms with E-state index in [1.807, 2.05) is 30.3 Å². The predicted molar refractivity (Wildman–Crippen MR) is 134 cm³/mol. The Hall–Kier alpha value is -2.53. The number of rotatable bonds is 8. The smallest absolute Gasteiger partial charge is 0.299 e. The van der Waals surface area contributed by atoms with E-state index in [4.69, 9.17) is 5.26 Å². The van der Waals surface area contributed by atoms with Crippen molar-refractivity contribution in [1.82, 2.24) is 4.90 Å². The predicted octanol–water partition coefficient (Wildman–Crippen LogP) is 8.68. The standard InChI is InChI=1S/C27H33F6N.C2H3N/c1-3-23(34(2)18-20-7-5-4-6-8-20)15-11-19-9-12-21(13-10-19)22-14-16-24(26(28,29)30)25(17-22)27(31,32)33;1-2-3/h4-10,12-13,22-25H,3,11,14-18H2,1-2H3;1H3. The molecule has 0 N–H and O–H groups in total. The average molecular weight is 527 g/mol. The summed E-state index contributed by atoms with van der Waals surface area (Å²) in [5.41, 5.74) is 3.05. The molecular formula is C29H36F6N2. The molecule has 4 atom stereocenters. The Labute approximate surface area is 216 Å². The van der Waals surface area contributed by atoms with Gasteiger partial charge in [0.1, 0.15) is 0 Å². The number of nitrogens with zero attached hydrogens (tertiary/aromatic N) is 2. The van der Waals surface area contributed by atoms with Gasteiger partial charge < -0.3 is 0 Å². The van der Waals surface area contributed by atoms with Gasteiger partial charge in [-0.25, -0.2) is 0 Å². The van der Waals surface area contributed by atoms with Crippen molar-refractivity contribution in [3.63, 3.8) is 0 Å². The molecule has 1 fully saturated rings. The summed E-state index contributed by atoms with van der Waals surface area (Å²) in [6.45, 7) is 4.45. The molecule has 0 aliphatic heterocycles. The van der Waals surface area contributed by atoms with Gasteiger partial charge in [0.25, 0.3) is 0 Å². The maximum absolute atomic E-state index is 13.4. The van der Waals surface area contributed by atoms with Crippen LogP contribution in [-0.4, -0.2) is 30.3 Å². The normalized spacial score (nSPS) is 21.1. The van der Waals surface area contributed by atoms with Crippen LogP contribution in [0.25, 0.3) is 0 Å². The van der Waals surface area contributed by atoms with Gasteiger partial charge in [-0.05, 0) is 68.2 Å². The first-order chi connectivity index (χ1) is 17.4. The number of hydrogen-bond acceptors (Lipinski definition) is 2. The van der Waals surface area contributed by atoms with Gasteiger partial charge in [0.05, 0.1) is 17.9 Å². The summed E-state index contributed by atoms with van der Waals surface area (Å²) in [6.07, 6.45) is -7.74. The molecule has 0 amide bonds. The minimum absolute atomic E-state index is 0.123. The van der Waals surface area contributed by atoms with Crippen LogP contribution in [0.15, 0.2) is 54.6 Å². The molecule has 2 aromatic carbocycles. The van der Waals surface area contributed by atoms with Crippen molar-refractivity contribution in [1.29, 1.82) is 5.26 Å². The number of benzene rings is 2. The third kappa shape index (κ3) is 9.37. The van der Waals surface area contributed by atoms with Gasteiger partial charge in [-0.2, -0.15) is 31.6 Å². The zero-order chi connectivity index (χ0) is 27.6. The van der Waals surface area contributed by atoms with E-state index in [0.717, 1.165) is 31.4 Å². The lowest BCUT2D eigenvalue weighted by Crippen LogP contribution is -2.42. The number of halogens is 6. The highest BCUT2D eigenvalue weighted by Crippen LogP contribution is 2.52. The Morgan fingerprint density at radius 3 is 1.97 bits per heavy atom. The number of alkyl halides is 6. The largest absolute Gasteiger partial charge is 0.392 e. The van der Waals surface area contributed by atoms with Gasteiger partial charge in [-0.1, -0.05) is 61.5 Å². The average Bonchev–Trinajstić information content (AvgIpc) is 2.84. The van der Waals surface area contributed by atoms with Crippen molar-refractivity contribution in [2.75, 3.05) is 7.05 Å². The van der Waals surface area contributed by atoms with Crippen molar-refractivity contribution in [3.05, 3.63) is 71.3 Å². The highest BCUT2D eigenvalue weighted by molar-refractivity contribution is 5.26. The molecule has 0 aromatic heterocycles. The molecule has 1 aliphatic rings. The zero-order valence-corrected chi connectivity index (χ0v) is 21.6. The SMILES string of the molecule is CC#N.CCC(CCc1ccc(C2CCC(C(F)(F)F)C(C(F)(F)F)C2)cc1)N(C)Cc1ccccc1. The first-order valence-electron chi connectivity index (χ1n) is 12.7. The molecule has 0 heterocycles. The molecule has 8 heteroatoms. The van der Waals surface area contributed by atoms with Gasteiger partial charge in [0.2, 0.25) is 0 Å². The van der Waals surface area contributed by atoms with Crippen LogP contribution in [0.4, 0.5) is 26.3 Å².